The Morgan fingerprint density at radius 3 is 2.38 bits per heavy atom. The first-order chi connectivity index (χ1) is 10.1. The number of hydrogen-bond donors (Lipinski definition) is 2. The molecule has 0 radical (unpaired) electrons. The second kappa shape index (κ2) is 6.85. The molecular formula is C16H19N3O2. The van der Waals surface area contributed by atoms with E-state index >= 15 is 0 Å². The van der Waals surface area contributed by atoms with Crippen molar-refractivity contribution in [3.8, 4) is 0 Å². The van der Waals surface area contributed by atoms with Gasteiger partial charge >= 0.3 is 5.97 Å². The first-order valence-electron chi connectivity index (χ1n) is 6.73. The number of hydrogen-bond acceptors (Lipinski definition) is 4. The zero-order valence-electron chi connectivity index (χ0n) is 12.2. The number of nitrogens with zero attached hydrogens (tertiary/aromatic N) is 2. The van der Waals surface area contributed by atoms with Crippen LogP contribution in [0.1, 0.15) is 21.5 Å². The number of carboxylic acid groups (broad SMARTS) is 1. The molecule has 0 fully saturated rings. The number of aromatic carboxylic acids is 1. The minimum Gasteiger partial charge on any atom is -0.478 e. The van der Waals surface area contributed by atoms with Gasteiger partial charge < -0.3 is 15.3 Å². The van der Waals surface area contributed by atoms with Crippen LogP contribution in [-0.4, -0.2) is 30.2 Å². The van der Waals surface area contributed by atoms with E-state index in [1.165, 1.54) is 0 Å². The first kappa shape index (κ1) is 15.0. The number of rotatable bonds is 6. The van der Waals surface area contributed by atoms with Crippen LogP contribution < -0.4 is 10.2 Å². The molecular weight excluding hydrogens is 266 g/mol. The highest BCUT2D eigenvalue weighted by atomic mass is 16.4. The highest BCUT2D eigenvalue weighted by Gasteiger charge is 2.06. The van der Waals surface area contributed by atoms with Gasteiger partial charge in [-0.3, -0.25) is 0 Å². The van der Waals surface area contributed by atoms with E-state index in [-0.39, 0.29) is 0 Å². The maximum absolute atomic E-state index is 10.8. The van der Waals surface area contributed by atoms with Gasteiger partial charge in [-0.2, -0.15) is 0 Å². The SMILES string of the molecule is CNCc1ccc(N(C)Cc2ccc(C(=O)O)cc2)nc1. The monoisotopic (exact) mass is 285 g/mol. The van der Waals surface area contributed by atoms with Crippen LogP contribution in [0.15, 0.2) is 42.6 Å². The highest BCUT2D eigenvalue weighted by molar-refractivity contribution is 5.87. The van der Waals surface area contributed by atoms with Crippen molar-refractivity contribution < 1.29 is 9.90 Å². The average Bonchev–Trinajstić information content (AvgIpc) is 2.49. The number of benzene rings is 1. The average molecular weight is 285 g/mol. The summed E-state index contributed by atoms with van der Waals surface area (Å²) in [4.78, 5) is 17.3. The van der Waals surface area contributed by atoms with Crippen molar-refractivity contribution in [3.05, 3.63) is 59.3 Å². The first-order valence-corrected chi connectivity index (χ1v) is 6.73. The molecule has 1 heterocycles. The van der Waals surface area contributed by atoms with E-state index in [4.69, 9.17) is 5.11 Å². The number of pyridine rings is 1. The zero-order chi connectivity index (χ0) is 15.2. The molecule has 0 unspecified atom stereocenters. The van der Waals surface area contributed by atoms with Crippen molar-refractivity contribution in [2.24, 2.45) is 0 Å². The Kier molecular flexibility index (Phi) is 4.90. The van der Waals surface area contributed by atoms with E-state index in [2.05, 4.69) is 10.3 Å². The van der Waals surface area contributed by atoms with Crippen molar-refractivity contribution in [2.75, 3.05) is 19.0 Å². The third-order valence-electron chi connectivity index (χ3n) is 3.20. The summed E-state index contributed by atoms with van der Waals surface area (Å²) in [6, 6.07) is 10.9. The number of carbonyl (C=O) groups is 1. The Balaban J connectivity index is 2.03. The Bertz CT molecular complexity index is 594. The van der Waals surface area contributed by atoms with Crippen molar-refractivity contribution in [1.82, 2.24) is 10.3 Å². The third-order valence-corrected chi connectivity index (χ3v) is 3.20. The molecule has 5 heteroatoms. The Morgan fingerprint density at radius 1 is 1.19 bits per heavy atom. The zero-order valence-corrected chi connectivity index (χ0v) is 12.2. The van der Waals surface area contributed by atoms with E-state index in [9.17, 15) is 4.79 Å². The van der Waals surface area contributed by atoms with Crippen LogP contribution in [0.3, 0.4) is 0 Å². The van der Waals surface area contributed by atoms with Gasteiger partial charge in [0.2, 0.25) is 0 Å². The van der Waals surface area contributed by atoms with Gasteiger partial charge in [0.25, 0.3) is 0 Å². The second-order valence-electron chi connectivity index (χ2n) is 4.91. The third kappa shape index (κ3) is 4.03. The van der Waals surface area contributed by atoms with Crippen LogP contribution in [0.25, 0.3) is 0 Å². The largest absolute Gasteiger partial charge is 0.478 e. The van der Waals surface area contributed by atoms with Crippen molar-refractivity contribution in [3.63, 3.8) is 0 Å². The summed E-state index contributed by atoms with van der Waals surface area (Å²) in [5, 5.41) is 12.0. The molecule has 2 rings (SSSR count). The van der Waals surface area contributed by atoms with Gasteiger partial charge in [-0.05, 0) is 36.4 Å². The molecule has 21 heavy (non-hydrogen) atoms. The lowest BCUT2D eigenvalue weighted by atomic mass is 10.1. The fourth-order valence-electron chi connectivity index (χ4n) is 2.06. The standard InChI is InChI=1S/C16H19N3O2/c1-17-9-13-5-8-15(18-10-13)19(2)11-12-3-6-14(7-4-12)16(20)21/h3-8,10,17H,9,11H2,1-2H3,(H,20,21). The van der Waals surface area contributed by atoms with E-state index in [0.29, 0.717) is 12.1 Å². The second-order valence-corrected chi connectivity index (χ2v) is 4.91. The molecule has 0 aliphatic carbocycles. The highest BCUT2D eigenvalue weighted by Crippen LogP contribution is 2.14. The fraction of sp³-hybridized carbons (Fsp3) is 0.250. The number of nitrogens with one attached hydrogen (secondary N) is 1. The van der Waals surface area contributed by atoms with Crippen LogP contribution in [0, 0.1) is 0 Å². The molecule has 2 aromatic rings. The van der Waals surface area contributed by atoms with E-state index in [0.717, 1.165) is 23.5 Å². The minimum atomic E-state index is -0.906. The molecule has 0 spiro atoms. The summed E-state index contributed by atoms with van der Waals surface area (Å²) in [6.07, 6.45) is 1.86. The Morgan fingerprint density at radius 2 is 1.86 bits per heavy atom. The van der Waals surface area contributed by atoms with Crippen LogP contribution in [-0.2, 0) is 13.1 Å². The summed E-state index contributed by atoms with van der Waals surface area (Å²) < 4.78 is 0. The van der Waals surface area contributed by atoms with Gasteiger partial charge in [-0.25, -0.2) is 9.78 Å². The lowest BCUT2D eigenvalue weighted by Gasteiger charge is -2.18. The summed E-state index contributed by atoms with van der Waals surface area (Å²) in [6.45, 7) is 1.48. The minimum absolute atomic E-state index is 0.302. The Labute approximate surface area is 124 Å². The van der Waals surface area contributed by atoms with E-state index in [1.807, 2.05) is 49.5 Å². The van der Waals surface area contributed by atoms with Crippen LogP contribution in [0.2, 0.25) is 0 Å². The molecule has 0 saturated carbocycles. The quantitative estimate of drug-likeness (QED) is 0.851. The molecule has 0 atom stereocenters. The summed E-state index contributed by atoms with van der Waals surface area (Å²) >= 11 is 0. The number of carboxylic acids is 1. The van der Waals surface area contributed by atoms with Crippen LogP contribution >= 0.6 is 0 Å². The molecule has 0 aliphatic heterocycles. The molecule has 5 nitrogen and oxygen atoms in total. The van der Waals surface area contributed by atoms with Crippen molar-refractivity contribution in [2.45, 2.75) is 13.1 Å². The lowest BCUT2D eigenvalue weighted by molar-refractivity contribution is 0.0697. The molecule has 0 amide bonds. The van der Waals surface area contributed by atoms with Crippen molar-refractivity contribution >= 4 is 11.8 Å². The fourth-order valence-corrected chi connectivity index (χ4v) is 2.06. The Hall–Kier alpha value is -2.40. The lowest BCUT2D eigenvalue weighted by Crippen LogP contribution is -2.18. The molecule has 0 saturated heterocycles. The molecule has 1 aromatic carbocycles. The maximum atomic E-state index is 10.8. The van der Waals surface area contributed by atoms with Gasteiger partial charge in [-0.15, -0.1) is 0 Å². The summed E-state index contributed by atoms with van der Waals surface area (Å²) in [7, 11) is 3.87. The molecule has 0 bridgehead atoms. The van der Waals surface area contributed by atoms with Gasteiger partial charge in [0.05, 0.1) is 5.56 Å². The topological polar surface area (TPSA) is 65.5 Å². The molecule has 0 aliphatic rings. The molecule has 2 N–H and O–H groups in total. The van der Waals surface area contributed by atoms with E-state index < -0.39 is 5.97 Å². The number of aromatic nitrogens is 1. The van der Waals surface area contributed by atoms with Gasteiger partial charge in [0.15, 0.2) is 0 Å². The summed E-state index contributed by atoms with van der Waals surface area (Å²) in [5.41, 5.74) is 2.49. The van der Waals surface area contributed by atoms with Crippen molar-refractivity contribution in [1.29, 1.82) is 0 Å². The van der Waals surface area contributed by atoms with E-state index in [1.54, 1.807) is 12.1 Å². The smallest absolute Gasteiger partial charge is 0.335 e. The number of anilines is 1. The normalized spacial score (nSPS) is 10.4. The molecule has 1 aromatic heterocycles. The van der Waals surface area contributed by atoms with Crippen LogP contribution in [0.5, 0.6) is 0 Å². The summed E-state index contributed by atoms with van der Waals surface area (Å²) in [5.74, 6) is -0.0196. The predicted molar refractivity (Wildman–Crippen MR) is 82.5 cm³/mol. The van der Waals surface area contributed by atoms with Gasteiger partial charge in [0, 0.05) is 26.3 Å². The predicted octanol–water partition coefficient (Wildman–Crippen LogP) is 2.14. The van der Waals surface area contributed by atoms with Gasteiger partial charge in [0.1, 0.15) is 5.82 Å². The molecule has 110 valence electrons. The van der Waals surface area contributed by atoms with Crippen LogP contribution in [0.4, 0.5) is 5.82 Å². The van der Waals surface area contributed by atoms with Gasteiger partial charge in [-0.1, -0.05) is 18.2 Å². The maximum Gasteiger partial charge on any atom is 0.335 e.